The van der Waals surface area contributed by atoms with Gasteiger partial charge in [0.15, 0.2) is 0 Å². The maximum absolute atomic E-state index is 12.2. The molecule has 21 heavy (non-hydrogen) atoms. The monoisotopic (exact) mass is 308 g/mol. The fourth-order valence-electron chi connectivity index (χ4n) is 1.89. The first-order valence-electron chi connectivity index (χ1n) is 6.58. The summed E-state index contributed by atoms with van der Waals surface area (Å²) in [5, 5.41) is 2.78. The lowest BCUT2D eigenvalue weighted by molar-refractivity contribution is -0.123. The van der Waals surface area contributed by atoms with Crippen LogP contribution in [0.1, 0.15) is 19.4 Å². The molecule has 7 heteroatoms. The third-order valence-electron chi connectivity index (χ3n) is 3.11. The minimum atomic E-state index is -0.476. The van der Waals surface area contributed by atoms with Gasteiger partial charge in [0.05, 0.1) is 12.6 Å². The highest BCUT2D eigenvalue weighted by molar-refractivity contribution is 7.80. The van der Waals surface area contributed by atoms with Crippen molar-refractivity contribution in [1.82, 2.24) is 4.90 Å². The average molecular weight is 308 g/mol. The van der Waals surface area contributed by atoms with E-state index in [-0.39, 0.29) is 17.4 Å². The van der Waals surface area contributed by atoms with Gasteiger partial charge in [0, 0.05) is 11.3 Å². The highest BCUT2D eigenvalue weighted by Crippen LogP contribution is 2.12. The normalized spacial score (nSPS) is 12.0. The molecule has 5 N–H and O–H groups in total. The Morgan fingerprint density at radius 2 is 2.05 bits per heavy atom. The number of anilines is 1. The molecule has 0 saturated carbocycles. The Balaban J connectivity index is 2.77. The lowest BCUT2D eigenvalue weighted by Crippen LogP contribution is -2.45. The van der Waals surface area contributed by atoms with Crippen molar-refractivity contribution < 1.29 is 9.59 Å². The van der Waals surface area contributed by atoms with E-state index in [1.165, 1.54) is 0 Å². The van der Waals surface area contributed by atoms with Crippen LogP contribution in [0.2, 0.25) is 0 Å². The first-order chi connectivity index (χ1) is 9.85. The summed E-state index contributed by atoms with van der Waals surface area (Å²) in [6.45, 7) is 4.17. The number of likely N-dealkylation sites (N-methyl/N-ethyl adjacent to an activating group) is 1. The molecule has 1 atom stereocenters. The number of hydrogen-bond donors (Lipinski definition) is 3. The van der Waals surface area contributed by atoms with E-state index in [4.69, 9.17) is 23.7 Å². The van der Waals surface area contributed by atoms with Crippen LogP contribution in [0, 0.1) is 0 Å². The number of thiocarbonyl (C=S) groups is 1. The average Bonchev–Trinajstić information content (AvgIpc) is 2.43. The van der Waals surface area contributed by atoms with Crippen molar-refractivity contribution in [3.8, 4) is 0 Å². The summed E-state index contributed by atoms with van der Waals surface area (Å²) in [7, 11) is 0. The molecule has 0 aliphatic heterocycles. The molecule has 6 nitrogen and oxygen atoms in total. The van der Waals surface area contributed by atoms with Gasteiger partial charge in [-0.3, -0.25) is 14.5 Å². The number of nitrogens with two attached hydrogens (primary N) is 2. The number of primary amides is 1. The molecule has 0 spiro atoms. The zero-order valence-corrected chi connectivity index (χ0v) is 12.9. The van der Waals surface area contributed by atoms with E-state index in [1.807, 2.05) is 6.92 Å². The summed E-state index contributed by atoms with van der Waals surface area (Å²) in [4.78, 5) is 25.2. The van der Waals surface area contributed by atoms with Gasteiger partial charge in [-0.1, -0.05) is 31.3 Å². The fourth-order valence-corrected chi connectivity index (χ4v) is 2.01. The van der Waals surface area contributed by atoms with Gasteiger partial charge in [-0.2, -0.15) is 0 Å². The highest BCUT2D eigenvalue weighted by atomic mass is 32.1. The second-order valence-electron chi connectivity index (χ2n) is 4.64. The largest absolute Gasteiger partial charge is 0.389 e. The number of benzene rings is 1. The van der Waals surface area contributed by atoms with Crippen molar-refractivity contribution in [1.29, 1.82) is 0 Å². The highest BCUT2D eigenvalue weighted by Gasteiger charge is 2.21. The summed E-state index contributed by atoms with van der Waals surface area (Å²) < 4.78 is 0. The van der Waals surface area contributed by atoms with Gasteiger partial charge in [-0.25, -0.2) is 0 Å². The number of rotatable bonds is 7. The van der Waals surface area contributed by atoms with Crippen LogP contribution in [0.15, 0.2) is 24.3 Å². The predicted molar refractivity (Wildman–Crippen MR) is 86.9 cm³/mol. The maximum atomic E-state index is 12.2. The molecule has 0 aliphatic rings. The lowest BCUT2D eigenvalue weighted by Gasteiger charge is -2.25. The first kappa shape index (κ1) is 17.1. The van der Waals surface area contributed by atoms with E-state index in [9.17, 15) is 9.59 Å². The number of amides is 2. The van der Waals surface area contributed by atoms with Gasteiger partial charge in [0.2, 0.25) is 11.8 Å². The molecule has 2 amide bonds. The van der Waals surface area contributed by atoms with E-state index < -0.39 is 11.9 Å². The molecule has 0 fully saturated rings. The Bertz CT molecular complexity index is 548. The summed E-state index contributed by atoms with van der Waals surface area (Å²) in [6, 6.07) is 6.51. The van der Waals surface area contributed by atoms with Crippen LogP contribution >= 0.6 is 12.2 Å². The second-order valence-corrected chi connectivity index (χ2v) is 5.08. The summed E-state index contributed by atoms with van der Waals surface area (Å²) >= 11 is 4.90. The van der Waals surface area contributed by atoms with Gasteiger partial charge in [0.25, 0.3) is 0 Å². The van der Waals surface area contributed by atoms with Crippen molar-refractivity contribution >= 4 is 34.7 Å². The SMILES string of the molecule is CCN(CC(N)=O)C(C)C(=O)Nc1cccc(C(N)=S)c1. The van der Waals surface area contributed by atoms with Crippen molar-refractivity contribution in [2.75, 3.05) is 18.4 Å². The van der Waals surface area contributed by atoms with Crippen molar-refractivity contribution in [2.45, 2.75) is 19.9 Å². The van der Waals surface area contributed by atoms with Crippen molar-refractivity contribution in [3.63, 3.8) is 0 Å². The summed E-state index contributed by atoms with van der Waals surface area (Å²) in [6.07, 6.45) is 0. The Kier molecular flexibility index (Phi) is 6.26. The lowest BCUT2D eigenvalue weighted by atomic mass is 10.2. The van der Waals surface area contributed by atoms with Gasteiger partial charge >= 0.3 is 0 Å². The van der Waals surface area contributed by atoms with Crippen LogP contribution in [-0.2, 0) is 9.59 Å². The Labute approximate surface area is 129 Å². The van der Waals surface area contributed by atoms with Crippen LogP contribution < -0.4 is 16.8 Å². The van der Waals surface area contributed by atoms with Gasteiger partial charge in [-0.05, 0) is 25.6 Å². The van der Waals surface area contributed by atoms with E-state index in [2.05, 4.69) is 5.32 Å². The second kappa shape index (κ2) is 7.70. The van der Waals surface area contributed by atoms with Crippen molar-refractivity contribution in [3.05, 3.63) is 29.8 Å². The number of hydrogen-bond acceptors (Lipinski definition) is 4. The van der Waals surface area contributed by atoms with Crippen LogP contribution in [0.4, 0.5) is 5.69 Å². The molecule has 0 heterocycles. The molecule has 1 rings (SSSR count). The third kappa shape index (κ3) is 5.13. The van der Waals surface area contributed by atoms with Gasteiger partial charge in [0.1, 0.15) is 4.99 Å². The third-order valence-corrected chi connectivity index (χ3v) is 3.34. The molecule has 0 radical (unpaired) electrons. The number of carbonyl (C=O) groups excluding carboxylic acids is 2. The van der Waals surface area contributed by atoms with E-state index >= 15 is 0 Å². The number of nitrogens with zero attached hydrogens (tertiary/aromatic N) is 1. The molecule has 1 aromatic carbocycles. The Morgan fingerprint density at radius 3 is 2.57 bits per heavy atom. The standard InChI is InChI=1S/C14H20N4O2S/c1-3-18(8-12(15)19)9(2)14(20)17-11-6-4-5-10(7-11)13(16)21/h4-7,9H,3,8H2,1-2H3,(H2,15,19)(H2,16,21)(H,17,20). The molecule has 0 bridgehead atoms. The molecule has 114 valence electrons. The first-order valence-corrected chi connectivity index (χ1v) is 6.99. The smallest absolute Gasteiger partial charge is 0.241 e. The number of carbonyl (C=O) groups is 2. The van der Waals surface area contributed by atoms with Crippen LogP contribution in [-0.4, -0.2) is 40.8 Å². The maximum Gasteiger partial charge on any atom is 0.241 e. The predicted octanol–water partition coefficient (Wildman–Crippen LogP) is 0.455. The molecular weight excluding hydrogens is 288 g/mol. The van der Waals surface area contributed by atoms with Crippen LogP contribution in [0.25, 0.3) is 0 Å². The minimum absolute atomic E-state index is 0.0397. The van der Waals surface area contributed by atoms with E-state index in [1.54, 1.807) is 36.1 Å². The molecule has 0 aromatic heterocycles. The Hall–Kier alpha value is -1.99. The zero-order chi connectivity index (χ0) is 16.0. The fraction of sp³-hybridized carbons (Fsp3) is 0.357. The summed E-state index contributed by atoms with van der Waals surface area (Å²) in [5.74, 6) is -0.690. The zero-order valence-electron chi connectivity index (χ0n) is 12.1. The molecule has 1 unspecified atom stereocenters. The minimum Gasteiger partial charge on any atom is -0.389 e. The molecule has 1 aromatic rings. The molecular formula is C14H20N4O2S. The topological polar surface area (TPSA) is 101 Å². The van der Waals surface area contributed by atoms with Gasteiger partial charge in [-0.15, -0.1) is 0 Å². The van der Waals surface area contributed by atoms with Gasteiger partial charge < -0.3 is 16.8 Å². The van der Waals surface area contributed by atoms with E-state index in [0.717, 1.165) is 0 Å². The number of nitrogens with one attached hydrogen (secondary N) is 1. The molecule has 0 saturated heterocycles. The quantitative estimate of drug-likeness (QED) is 0.635. The Morgan fingerprint density at radius 1 is 1.38 bits per heavy atom. The summed E-state index contributed by atoms with van der Waals surface area (Å²) in [5.41, 5.74) is 12.0. The van der Waals surface area contributed by atoms with Crippen molar-refractivity contribution in [2.24, 2.45) is 11.5 Å². The van der Waals surface area contributed by atoms with E-state index in [0.29, 0.717) is 17.8 Å². The molecule has 0 aliphatic carbocycles. The van der Waals surface area contributed by atoms with Crippen LogP contribution in [0.5, 0.6) is 0 Å². The van der Waals surface area contributed by atoms with Crippen LogP contribution in [0.3, 0.4) is 0 Å².